The first kappa shape index (κ1) is 25.4. The van der Waals surface area contributed by atoms with Gasteiger partial charge in [0.15, 0.2) is 11.5 Å². The lowest BCUT2D eigenvalue weighted by atomic mass is 10.0. The van der Waals surface area contributed by atoms with Crippen molar-refractivity contribution in [1.82, 2.24) is 0 Å². The van der Waals surface area contributed by atoms with Crippen molar-refractivity contribution in [1.29, 1.82) is 0 Å². The monoisotopic (exact) mass is 523 g/mol. The number of hydrogen-bond donors (Lipinski definition) is 0. The number of carbonyl (C=O) groups is 1. The summed E-state index contributed by atoms with van der Waals surface area (Å²) in [6, 6.07) is 18.9. The van der Waals surface area contributed by atoms with Crippen LogP contribution >= 0.6 is 22.9 Å². The van der Waals surface area contributed by atoms with E-state index >= 15 is 0 Å². The molecule has 0 aliphatic heterocycles. The zero-order chi connectivity index (χ0) is 25.5. The topological polar surface area (TPSA) is 57.1 Å². The first-order valence-electron chi connectivity index (χ1n) is 11.1. The van der Waals surface area contributed by atoms with Crippen molar-refractivity contribution in [2.24, 2.45) is 4.99 Å². The molecule has 0 fully saturated rings. The second kappa shape index (κ2) is 11.8. The van der Waals surface area contributed by atoms with Crippen LogP contribution in [0.4, 0.5) is 9.39 Å². The highest BCUT2D eigenvalue weighted by atomic mass is 35.5. The Morgan fingerprint density at radius 2 is 1.81 bits per heavy atom. The van der Waals surface area contributed by atoms with Crippen LogP contribution in [0.3, 0.4) is 0 Å². The van der Waals surface area contributed by atoms with Gasteiger partial charge in [-0.05, 0) is 66.1 Å². The number of hydrogen-bond acceptors (Lipinski definition) is 6. The van der Waals surface area contributed by atoms with Crippen molar-refractivity contribution in [3.05, 3.63) is 99.6 Å². The Morgan fingerprint density at radius 3 is 2.50 bits per heavy atom. The maximum Gasteiger partial charge on any atom is 0.341 e. The smallest absolute Gasteiger partial charge is 0.341 e. The molecule has 3 aromatic carbocycles. The number of nitrogens with zero attached hydrogens (tertiary/aromatic N) is 1. The Labute approximate surface area is 217 Å². The van der Waals surface area contributed by atoms with Crippen molar-refractivity contribution >= 4 is 40.1 Å². The van der Waals surface area contributed by atoms with E-state index in [4.69, 9.17) is 25.8 Å². The molecule has 0 aliphatic carbocycles. The number of thiophene rings is 1. The highest BCUT2D eigenvalue weighted by Gasteiger charge is 2.21. The predicted molar refractivity (Wildman–Crippen MR) is 142 cm³/mol. The molecule has 184 valence electrons. The van der Waals surface area contributed by atoms with Gasteiger partial charge in [0.05, 0.1) is 13.7 Å². The SMILES string of the molecule is CCOC(=O)c1c(-c2ccc(F)cc2)csc1N=Cc1ccc(OCc2ccc(Cl)cc2)c(OC)c1. The average molecular weight is 524 g/mol. The van der Waals surface area contributed by atoms with Crippen LogP contribution in [0.25, 0.3) is 11.1 Å². The summed E-state index contributed by atoms with van der Waals surface area (Å²) in [5, 5.41) is 2.98. The number of carbonyl (C=O) groups excluding carboxylic acids is 1. The van der Waals surface area contributed by atoms with Gasteiger partial charge in [-0.2, -0.15) is 0 Å². The second-order valence-corrected chi connectivity index (χ2v) is 8.94. The van der Waals surface area contributed by atoms with Crippen molar-refractivity contribution < 1.29 is 23.4 Å². The fraction of sp³-hybridized carbons (Fsp3) is 0.143. The van der Waals surface area contributed by atoms with E-state index < -0.39 is 5.97 Å². The molecular formula is C28H23ClFNO4S. The van der Waals surface area contributed by atoms with E-state index in [0.29, 0.717) is 44.8 Å². The lowest BCUT2D eigenvalue weighted by molar-refractivity contribution is 0.0529. The molecule has 0 amide bonds. The van der Waals surface area contributed by atoms with E-state index in [9.17, 15) is 9.18 Å². The third kappa shape index (κ3) is 6.11. The van der Waals surface area contributed by atoms with Gasteiger partial charge in [-0.1, -0.05) is 35.9 Å². The Morgan fingerprint density at radius 1 is 1.06 bits per heavy atom. The number of rotatable bonds is 9. The Bertz CT molecular complexity index is 1370. The molecule has 36 heavy (non-hydrogen) atoms. The van der Waals surface area contributed by atoms with E-state index in [1.54, 1.807) is 44.5 Å². The minimum absolute atomic E-state index is 0.232. The van der Waals surface area contributed by atoms with E-state index in [1.165, 1.54) is 23.5 Å². The molecule has 0 bridgehead atoms. The molecule has 0 saturated heterocycles. The molecule has 5 nitrogen and oxygen atoms in total. The molecule has 8 heteroatoms. The fourth-order valence-electron chi connectivity index (χ4n) is 3.44. The molecule has 0 aliphatic rings. The summed E-state index contributed by atoms with van der Waals surface area (Å²) in [7, 11) is 1.57. The maximum absolute atomic E-state index is 13.4. The van der Waals surface area contributed by atoms with Gasteiger partial charge in [0.1, 0.15) is 23.0 Å². The maximum atomic E-state index is 13.4. The van der Waals surface area contributed by atoms with Gasteiger partial charge >= 0.3 is 5.97 Å². The Kier molecular flexibility index (Phi) is 8.36. The zero-order valence-electron chi connectivity index (χ0n) is 19.7. The van der Waals surface area contributed by atoms with Crippen LogP contribution in [0, 0.1) is 5.82 Å². The summed E-state index contributed by atoms with van der Waals surface area (Å²) in [6.45, 7) is 2.34. The molecule has 0 atom stereocenters. The number of esters is 1. The minimum Gasteiger partial charge on any atom is -0.493 e. The average Bonchev–Trinajstić information content (AvgIpc) is 3.32. The quantitative estimate of drug-likeness (QED) is 0.166. The number of ether oxygens (including phenoxy) is 3. The molecule has 1 aromatic heterocycles. The Balaban J connectivity index is 1.57. The summed E-state index contributed by atoms with van der Waals surface area (Å²) in [6.07, 6.45) is 1.65. The lowest BCUT2D eigenvalue weighted by Crippen LogP contribution is -2.05. The molecule has 0 N–H and O–H groups in total. The molecule has 4 rings (SSSR count). The summed E-state index contributed by atoms with van der Waals surface area (Å²) in [5.41, 5.74) is 3.44. The van der Waals surface area contributed by atoms with E-state index in [-0.39, 0.29) is 12.4 Å². The zero-order valence-corrected chi connectivity index (χ0v) is 21.2. The highest BCUT2D eigenvalue weighted by molar-refractivity contribution is 7.14. The minimum atomic E-state index is -0.478. The van der Waals surface area contributed by atoms with Gasteiger partial charge in [0.2, 0.25) is 0 Å². The number of aliphatic imine (C=N–C) groups is 1. The molecule has 0 spiro atoms. The molecule has 1 heterocycles. The third-order valence-electron chi connectivity index (χ3n) is 5.23. The van der Waals surface area contributed by atoms with E-state index in [2.05, 4.69) is 4.99 Å². The van der Waals surface area contributed by atoms with E-state index in [1.807, 2.05) is 35.7 Å². The summed E-state index contributed by atoms with van der Waals surface area (Å²) in [4.78, 5) is 17.3. The number of halogens is 2. The number of benzene rings is 3. The van der Waals surface area contributed by atoms with Crippen LogP contribution in [-0.2, 0) is 11.3 Å². The fourth-order valence-corrected chi connectivity index (χ4v) is 4.48. The largest absolute Gasteiger partial charge is 0.493 e. The van der Waals surface area contributed by atoms with E-state index in [0.717, 1.165) is 11.1 Å². The van der Waals surface area contributed by atoms with Crippen LogP contribution in [-0.4, -0.2) is 25.9 Å². The molecular weight excluding hydrogens is 501 g/mol. The summed E-state index contributed by atoms with van der Waals surface area (Å²) in [5.74, 6) is 0.316. The van der Waals surface area contributed by atoms with Crippen LogP contribution in [0.1, 0.15) is 28.4 Å². The van der Waals surface area contributed by atoms with Crippen molar-refractivity contribution in [3.8, 4) is 22.6 Å². The third-order valence-corrected chi connectivity index (χ3v) is 6.37. The van der Waals surface area contributed by atoms with Crippen molar-refractivity contribution in [2.45, 2.75) is 13.5 Å². The normalized spacial score (nSPS) is 11.0. The van der Waals surface area contributed by atoms with Crippen LogP contribution in [0.2, 0.25) is 5.02 Å². The van der Waals surface area contributed by atoms with Gasteiger partial charge < -0.3 is 14.2 Å². The van der Waals surface area contributed by atoms with Crippen LogP contribution in [0.5, 0.6) is 11.5 Å². The van der Waals surface area contributed by atoms with Crippen LogP contribution in [0.15, 0.2) is 77.1 Å². The lowest BCUT2D eigenvalue weighted by Gasteiger charge is -2.11. The van der Waals surface area contributed by atoms with Gasteiger partial charge in [-0.15, -0.1) is 11.3 Å². The predicted octanol–water partition coefficient (Wildman–Crippen LogP) is 7.72. The van der Waals surface area contributed by atoms with Gasteiger partial charge in [-0.3, -0.25) is 0 Å². The van der Waals surface area contributed by atoms with Crippen LogP contribution < -0.4 is 9.47 Å². The second-order valence-electron chi connectivity index (χ2n) is 7.64. The number of methoxy groups -OCH3 is 1. The standard InChI is InChI=1S/C28H23ClFNO4S/c1-3-34-28(32)26-23(20-7-11-22(30)12-8-20)17-36-27(26)31-15-19-6-13-24(25(14-19)33-2)35-16-18-4-9-21(29)10-5-18/h4-15,17H,3,16H2,1-2H3. The Hall–Kier alpha value is -3.68. The van der Waals surface area contributed by atoms with Crippen molar-refractivity contribution in [2.75, 3.05) is 13.7 Å². The summed E-state index contributed by atoms with van der Waals surface area (Å²) >= 11 is 7.25. The summed E-state index contributed by atoms with van der Waals surface area (Å²) < 4.78 is 30.1. The van der Waals surface area contributed by atoms with Gasteiger partial charge in [0.25, 0.3) is 0 Å². The van der Waals surface area contributed by atoms with Crippen molar-refractivity contribution in [3.63, 3.8) is 0 Å². The molecule has 4 aromatic rings. The first-order valence-corrected chi connectivity index (χ1v) is 12.4. The van der Waals surface area contributed by atoms with Gasteiger partial charge in [0, 0.05) is 22.2 Å². The first-order chi connectivity index (χ1) is 17.5. The molecule has 0 unspecified atom stereocenters. The van der Waals surface area contributed by atoms with Gasteiger partial charge in [-0.25, -0.2) is 14.2 Å². The molecule has 0 radical (unpaired) electrons. The molecule has 0 saturated carbocycles. The highest BCUT2D eigenvalue weighted by Crippen LogP contribution is 2.38.